The summed E-state index contributed by atoms with van der Waals surface area (Å²) in [5.74, 6) is -0.554. The Balaban J connectivity index is 0.000000454. The van der Waals surface area contributed by atoms with E-state index < -0.39 is 230 Å². The molecule has 0 aliphatic carbocycles. The Morgan fingerprint density at radius 3 is 1.13 bits per heavy atom. The number of hydrogen-bond donors (Lipinski definition) is 25. The Bertz CT molecular complexity index is 2510. The summed E-state index contributed by atoms with van der Waals surface area (Å²) in [7, 11) is 0. The fraction of sp³-hybridized carbons (Fsp3) is 0.925. The number of hydrazine groups is 1. The maximum atomic E-state index is 12.4. The molecule has 6 aliphatic heterocycles. The van der Waals surface area contributed by atoms with E-state index in [0.29, 0.717) is 64.5 Å². The molecule has 6 saturated heterocycles. The standard InChI is InChI=1S/C34H62N4O19.C31H55NO18.C2H6/c35-10-6-5-7-17(13-39)37-38-22(43)9-4-2-1-3-8-21(42)36-11-12-52-33-30(51)31(57-34-29(50)27(48)24(45)19(15-41)55-34)25(46)20(56-33)16-53-32-28(49)26(47)23(44)18(14-40)54-32;1-2-32-19(36)10-6-4-3-5-8-15(35)9-7-11-45-30-27(44)28(50-31-26(43)24(41)21(38)17(13-34)48-31)22(39)18(49-30)14-46-29-25(42)23(40)20(37)16(12-33)47-29;1-2/h13,17-20,23-34,37,40-41,44-51H,1-12,14-16,35H2,(H,36,42)(H,38,43);16-18,20-31,33-34,37-44H,2-14H2,1H3,(H,32,36);1-2H3/t17-,18+,19+,20+,23+,24+,25+,26-,27-,28-,29-,30-,31-,32-,33+,34+;16-,17-,18-,20-,21-,22-,23+,24+,25+,26+,27+,28+,29+,30-,31-;/m01./s1. The summed E-state index contributed by atoms with van der Waals surface area (Å²) in [5, 5.41) is 211. The second kappa shape index (κ2) is 52.1. The summed E-state index contributed by atoms with van der Waals surface area (Å²) in [6.45, 7) is 2.41. The van der Waals surface area contributed by atoms with E-state index >= 15 is 0 Å². The number of nitrogens with two attached hydrogens (primary N) is 1. The second-order valence-electron chi connectivity index (χ2n) is 26.9. The number of nitrogens with one attached hydrogen (secondary N) is 4. The molecule has 109 heavy (non-hydrogen) atoms. The lowest BCUT2D eigenvalue weighted by Crippen LogP contribution is -2.65. The van der Waals surface area contributed by atoms with Crippen LogP contribution in [0, 0.1) is 0 Å². The van der Waals surface area contributed by atoms with Crippen molar-refractivity contribution in [3.8, 4) is 0 Å². The van der Waals surface area contributed by atoms with Crippen molar-refractivity contribution >= 4 is 29.8 Å². The zero-order valence-corrected chi connectivity index (χ0v) is 61.7. The van der Waals surface area contributed by atoms with E-state index in [2.05, 4.69) is 21.5 Å². The van der Waals surface area contributed by atoms with Crippen LogP contribution < -0.4 is 27.2 Å². The van der Waals surface area contributed by atoms with Crippen molar-refractivity contribution in [2.45, 2.75) is 320 Å². The number of unbranched alkanes of at least 4 members (excludes halogenated alkanes) is 7. The highest BCUT2D eigenvalue weighted by Gasteiger charge is 2.55. The number of carbonyl (C=O) groups excluding carboxylic acids is 5. The third-order valence-electron chi connectivity index (χ3n) is 18.8. The minimum Gasteiger partial charge on any atom is -0.394 e. The molecule has 6 aliphatic rings. The normalized spacial score (nSPS) is 37.1. The van der Waals surface area contributed by atoms with Crippen LogP contribution in [0.15, 0.2) is 0 Å². The van der Waals surface area contributed by atoms with Gasteiger partial charge in [0.05, 0.1) is 58.9 Å². The summed E-state index contributed by atoms with van der Waals surface area (Å²) < 4.78 is 66.6. The molecular formula is C67H123N5O37. The summed E-state index contributed by atoms with van der Waals surface area (Å²) in [5.41, 5.74) is 10.7. The topological polar surface area (TPSA) is 675 Å². The molecule has 0 aromatic rings. The molecule has 0 saturated carbocycles. The van der Waals surface area contributed by atoms with Crippen molar-refractivity contribution in [1.82, 2.24) is 21.5 Å². The van der Waals surface area contributed by atoms with E-state index in [1.165, 1.54) is 0 Å². The molecule has 6 fully saturated rings. The maximum absolute atomic E-state index is 12.4. The summed E-state index contributed by atoms with van der Waals surface area (Å²) >= 11 is 0. The summed E-state index contributed by atoms with van der Waals surface area (Å²) in [6, 6.07) is -0.488. The van der Waals surface area contributed by atoms with Gasteiger partial charge in [0.15, 0.2) is 37.7 Å². The molecule has 0 spiro atoms. The first-order valence-electron chi connectivity index (χ1n) is 37.4. The molecular weight excluding hydrogens is 1470 g/mol. The number of Topliss-reactive ketones (excluding diaryl/α,β-unsaturated/α-hetero) is 1. The first kappa shape index (κ1) is 97.8. The van der Waals surface area contributed by atoms with Gasteiger partial charge < -0.3 is 180 Å². The molecule has 0 unspecified atom stereocenters. The zero-order valence-electron chi connectivity index (χ0n) is 61.7. The lowest BCUT2D eigenvalue weighted by atomic mass is 9.96. The molecule has 6 rings (SSSR count). The van der Waals surface area contributed by atoms with Gasteiger partial charge in [0.1, 0.15) is 159 Å². The predicted molar refractivity (Wildman–Crippen MR) is 367 cm³/mol. The Morgan fingerprint density at radius 2 is 0.734 bits per heavy atom. The number of rotatable bonds is 45. The van der Waals surface area contributed by atoms with Gasteiger partial charge in [-0.2, -0.15) is 0 Å². The van der Waals surface area contributed by atoms with Gasteiger partial charge in [-0.25, -0.2) is 5.43 Å². The molecule has 31 atom stereocenters. The van der Waals surface area contributed by atoms with Crippen molar-refractivity contribution in [3.05, 3.63) is 0 Å². The van der Waals surface area contributed by atoms with Gasteiger partial charge in [0.25, 0.3) is 0 Å². The molecule has 0 aromatic carbocycles. The van der Waals surface area contributed by atoms with E-state index in [1.54, 1.807) is 0 Å². The van der Waals surface area contributed by atoms with Crippen LogP contribution in [-0.4, -0.2) is 395 Å². The van der Waals surface area contributed by atoms with Crippen molar-refractivity contribution in [2.24, 2.45) is 5.73 Å². The van der Waals surface area contributed by atoms with Gasteiger partial charge >= 0.3 is 0 Å². The van der Waals surface area contributed by atoms with E-state index in [4.69, 9.17) is 62.6 Å². The maximum Gasteiger partial charge on any atom is 0.234 e. The third kappa shape index (κ3) is 30.5. The Labute approximate surface area is 630 Å². The largest absolute Gasteiger partial charge is 0.394 e. The number of aliphatic hydroxyl groups excluding tert-OH is 20. The lowest BCUT2D eigenvalue weighted by Gasteiger charge is -2.46. The van der Waals surface area contributed by atoms with E-state index in [-0.39, 0.29) is 68.9 Å². The Hall–Kier alpha value is -3.61. The second-order valence-corrected chi connectivity index (χ2v) is 26.9. The SMILES string of the molecule is CC.CCNC(=O)CCCCCCC(=O)CCCO[C@@H]1O[C@H](CO[C@H]2O[C@H](CO)[C@@H](O)[C@H](O)[C@@H]2O)[C@@H](O)[C@H](O[C@H]2O[C@H](CO)[C@@H](O)[C@H](O)[C@@H]2O)[C@@H]1O.NCCCC[C@@H](C=O)NNC(=O)CCCCCCC(=O)NCCO[C@@H]1O[C@H](CO[C@H]2O[C@H](CO)[C@@H](O)[C@H](O)[C@@H]2O)[C@@H](O)[C@H](O[C@H]2O[C@H](CO)[C@@H](O)[C@H](O)[C@@H]2O)[C@@H]1O. The van der Waals surface area contributed by atoms with E-state index in [9.17, 15) is 126 Å². The van der Waals surface area contributed by atoms with Crippen molar-refractivity contribution in [1.29, 1.82) is 0 Å². The minimum atomic E-state index is -1.90. The number of aliphatic hydroxyl groups is 20. The molecule has 0 bridgehead atoms. The smallest absolute Gasteiger partial charge is 0.234 e. The van der Waals surface area contributed by atoms with Crippen molar-refractivity contribution in [2.75, 3.05) is 72.5 Å². The van der Waals surface area contributed by atoms with Crippen LogP contribution in [0.25, 0.3) is 0 Å². The van der Waals surface area contributed by atoms with Crippen LogP contribution in [0.2, 0.25) is 0 Å². The molecule has 42 nitrogen and oxygen atoms in total. The van der Waals surface area contributed by atoms with Crippen LogP contribution >= 0.6 is 0 Å². The highest BCUT2D eigenvalue weighted by atomic mass is 16.8. The average Bonchev–Trinajstić information content (AvgIpc) is 0.788. The first-order chi connectivity index (χ1) is 52.1. The van der Waals surface area contributed by atoms with Crippen LogP contribution in [-0.2, 0) is 80.8 Å². The number of hydrogen-bond acceptors (Lipinski definition) is 39. The average molecular weight is 1590 g/mol. The molecule has 3 amide bonds. The minimum absolute atomic E-state index is 0.00423. The fourth-order valence-corrected chi connectivity index (χ4v) is 12.3. The monoisotopic (exact) mass is 1590 g/mol. The van der Waals surface area contributed by atoms with Crippen LogP contribution in [0.3, 0.4) is 0 Å². The number of amides is 3. The van der Waals surface area contributed by atoms with E-state index in [1.807, 2.05) is 20.8 Å². The van der Waals surface area contributed by atoms with Gasteiger partial charge in [-0.15, -0.1) is 0 Å². The molecule has 26 N–H and O–H groups in total. The zero-order chi connectivity index (χ0) is 81.0. The third-order valence-corrected chi connectivity index (χ3v) is 18.8. The van der Waals surface area contributed by atoms with E-state index in [0.717, 1.165) is 38.4 Å². The lowest BCUT2D eigenvalue weighted by molar-refractivity contribution is -0.366. The Kier molecular flexibility index (Phi) is 46.7. The van der Waals surface area contributed by atoms with Crippen LogP contribution in [0.1, 0.15) is 130 Å². The number of ketones is 1. The highest BCUT2D eigenvalue weighted by molar-refractivity contribution is 5.78. The Morgan fingerprint density at radius 1 is 0.385 bits per heavy atom. The number of carbonyl (C=O) groups is 5. The summed E-state index contributed by atoms with van der Waals surface area (Å²) in [6.07, 6.45) is -39.8. The van der Waals surface area contributed by atoms with Crippen LogP contribution in [0.4, 0.5) is 0 Å². The predicted octanol–water partition coefficient (Wildman–Crippen LogP) is -10.5. The first-order valence-corrected chi connectivity index (χ1v) is 37.4. The van der Waals surface area contributed by atoms with Gasteiger partial charge in [-0.3, -0.25) is 24.6 Å². The molecule has 6 heterocycles. The molecule has 42 heteroatoms. The molecule has 0 aromatic heterocycles. The van der Waals surface area contributed by atoms with Crippen LogP contribution in [0.5, 0.6) is 0 Å². The highest BCUT2D eigenvalue weighted by Crippen LogP contribution is 2.34. The molecule has 638 valence electrons. The van der Waals surface area contributed by atoms with Gasteiger partial charge in [0.2, 0.25) is 17.7 Å². The quantitative estimate of drug-likeness (QED) is 0.0153. The van der Waals surface area contributed by atoms with Gasteiger partial charge in [0, 0.05) is 45.2 Å². The van der Waals surface area contributed by atoms with Crippen molar-refractivity contribution in [3.63, 3.8) is 0 Å². The summed E-state index contributed by atoms with van der Waals surface area (Å²) in [4.78, 5) is 59.5. The number of aldehydes is 1. The number of ether oxygens (including phenoxy) is 12. The fourth-order valence-electron chi connectivity index (χ4n) is 12.3. The van der Waals surface area contributed by atoms with Gasteiger partial charge in [-0.1, -0.05) is 46.0 Å². The molecule has 0 radical (unpaired) electrons. The van der Waals surface area contributed by atoms with Crippen molar-refractivity contribution < 1.29 is 183 Å². The van der Waals surface area contributed by atoms with Gasteiger partial charge in [-0.05, 0) is 58.4 Å².